The summed E-state index contributed by atoms with van der Waals surface area (Å²) in [5, 5.41) is 10.2. The van der Waals surface area contributed by atoms with E-state index in [2.05, 4.69) is 39.8 Å². The summed E-state index contributed by atoms with van der Waals surface area (Å²) in [6.45, 7) is 13.6. The fourth-order valence-electron chi connectivity index (χ4n) is 8.41. The SMILES string of the molecule is CC.CC/C=C\[C@@H](C)[C@H]1CCC2C3CC(=O)C4C[C@H](O)CCC4(C)C3CCC21C. The molecule has 0 aromatic rings. The van der Waals surface area contributed by atoms with Crippen LogP contribution < -0.4 is 0 Å². The van der Waals surface area contributed by atoms with Gasteiger partial charge in [0, 0.05) is 12.3 Å². The third-order valence-corrected chi connectivity index (χ3v) is 9.81. The molecule has 4 saturated carbocycles. The lowest BCUT2D eigenvalue weighted by molar-refractivity contribution is -0.159. The van der Waals surface area contributed by atoms with Crippen molar-refractivity contribution in [3.63, 3.8) is 0 Å². The summed E-state index contributed by atoms with van der Waals surface area (Å²) < 4.78 is 0. The van der Waals surface area contributed by atoms with Gasteiger partial charge in [0.05, 0.1) is 6.10 Å². The highest BCUT2D eigenvalue weighted by molar-refractivity contribution is 5.83. The van der Waals surface area contributed by atoms with Crippen molar-refractivity contribution in [3.05, 3.63) is 12.2 Å². The first kappa shape index (κ1) is 23.0. The Hall–Kier alpha value is -0.630. The lowest BCUT2D eigenvalue weighted by Crippen LogP contribution is -2.57. The van der Waals surface area contributed by atoms with Crippen molar-refractivity contribution in [2.45, 2.75) is 105 Å². The molecule has 6 unspecified atom stereocenters. The van der Waals surface area contributed by atoms with Crippen LogP contribution in [0.25, 0.3) is 0 Å². The third-order valence-electron chi connectivity index (χ3n) is 9.81. The van der Waals surface area contributed by atoms with Gasteiger partial charge in [-0.1, -0.05) is 53.7 Å². The first-order chi connectivity index (χ1) is 13.8. The molecule has 0 aliphatic heterocycles. The van der Waals surface area contributed by atoms with Crippen LogP contribution in [0.1, 0.15) is 99.3 Å². The molecular formula is C27H46O2. The second-order valence-corrected chi connectivity index (χ2v) is 11.0. The quantitative estimate of drug-likeness (QED) is 0.526. The van der Waals surface area contributed by atoms with Crippen LogP contribution in [0.4, 0.5) is 0 Å². The van der Waals surface area contributed by atoms with Gasteiger partial charge in [-0.3, -0.25) is 4.79 Å². The molecule has 0 heterocycles. The van der Waals surface area contributed by atoms with Crippen LogP contribution in [0.2, 0.25) is 0 Å². The first-order valence-corrected chi connectivity index (χ1v) is 12.7. The van der Waals surface area contributed by atoms with E-state index in [1.807, 2.05) is 13.8 Å². The van der Waals surface area contributed by atoms with Gasteiger partial charge in [0.25, 0.3) is 0 Å². The van der Waals surface area contributed by atoms with Crippen LogP contribution in [0, 0.1) is 46.3 Å². The number of Topliss-reactive ketones (excluding diaryl/α,β-unsaturated/α-hetero) is 1. The summed E-state index contributed by atoms with van der Waals surface area (Å²) in [7, 11) is 0. The normalized spacial score (nSPS) is 47.6. The molecule has 0 saturated heterocycles. The molecule has 29 heavy (non-hydrogen) atoms. The van der Waals surface area contributed by atoms with Gasteiger partial charge in [-0.25, -0.2) is 0 Å². The number of carbonyl (C=O) groups is 1. The summed E-state index contributed by atoms with van der Waals surface area (Å²) in [4.78, 5) is 13.2. The van der Waals surface area contributed by atoms with Crippen molar-refractivity contribution >= 4 is 5.78 Å². The minimum absolute atomic E-state index is 0.121. The molecule has 0 amide bonds. The van der Waals surface area contributed by atoms with Crippen LogP contribution in [0.3, 0.4) is 0 Å². The Labute approximate surface area is 179 Å². The number of allylic oxidation sites excluding steroid dienone is 2. The second kappa shape index (κ2) is 8.85. The standard InChI is InChI=1S/C25H40O2.C2H6/c1-5-6-7-16(2)19-8-9-20-18-15-23(27)22-14-17(26)10-12-25(22,4)21(18)11-13-24(19,20)3;1-2/h6-7,16-22,26H,5,8-15H2,1-4H3;1-2H3/b7-6-;/t16-,17-,18?,19-,20?,21?,22?,24?,25?;/m1./s1. The number of ketones is 1. The highest BCUT2D eigenvalue weighted by Gasteiger charge is 2.62. The van der Waals surface area contributed by atoms with E-state index in [-0.39, 0.29) is 17.4 Å². The highest BCUT2D eigenvalue weighted by atomic mass is 16.3. The largest absolute Gasteiger partial charge is 0.393 e. The average Bonchev–Trinajstić information content (AvgIpc) is 3.06. The van der Waals surface area contributed by atoms with Crippen molar-refractivity contribution in [3.8, 4) is 0 Å². The van der Waals surface area contributed by atoms with Gasteiger partial charge >= 0.3 is 0 Å². The Balaban J connectivity index is 0.00000117. The van der Waals surface area contributed by atoms with Gasteiger partial charge in [0.2, 0.25) is 0 Å². The maximum atomic E-state index is 13.2. The van der Waals surface area contributed by atoms with Crippen molar-refractivity contribution in [2.75, 3.05) is 0 Å². The molecule has 0 aromatic carbocycles. The Morgan fingerprint density at radius 2 is 1.72 bits per heavy atom. The number of aliphatic hydroxyl groups excluding tert-OH is 1. The predicted molar refractivity (Wildman–Crippen MR) is 122 cm³/mol. The van der Waals surface area contributed by atoms with Gasteiger partial charge in [-0.2, -0.15) is 0 Å². The third kappa shape index (κ3) is 3.77. The lowest BCUT2D eigenvalue weighted by Gasteiger charge is -2.60. The molecule has 0 spiro atoms. The van der Waals surface area contributed by atoms with Gasteiger partial charge < -0.3 is 5.11 Å². The lowest BCUT2D eigenvalue weighted by atomic mass is 9.44. The monoisotopic (exact) mass is 402 g/mol. The van der Waals surface area contributed by atoms with E-state index in [9.17, 15) is 9.90 Å². The molecule has 0 bridgehead atoms. The Morgan fingerprint density at radius 3 is 2.41 bits per heavy atom. The Kier molecular flexibility index (Phi) is 7.03. The summed E-state index contributed by atoms with van der Waals surface area (Å²) in [5.41, 5.74) is 0.558. The molecular weight excluding hydrogens is 356 g/mol. The maximum absolute atomic E-state index is 13.2. The topological polar surface area (TPSA) is 37.3 Å². The Bertz CT molecular complexity index is 610. The average molecular weight is 403 g/mol. The maximum Gasteiger partial charge on any atom is 0.136 e. The molecule has 0 aromatic heterocycles. The summed E-state index contributed by atoms with van der Waals surface area (Å²) >= 11 is 0. The van der Waals surface area contributed by atoms with Gasteiger partial charge in [-0.15, -0.1) is 0 Å². The molecule has 0 radical (unpaired) electrons. The molecule has 4 aliphatic rings. The highest BCUT2D eigenvalue weighted by Crippen LogP contribution is 2.67. The zero-order valence-corrected chi connectivity index (χ0v) is 19.9. The minimum atomic E-state index is -0.250. The molecule has 1 N–H and O–H groups in total. The predicted octanol–water partition coefficient (Wildman–Crippen LogP) is 6.81. The van der Waals surface area contributed by atoms with Crippen LogP contribution in [0.5, 0.6) is 0 Å². The molecule has 4 aliphatic carbocycles. The number of hydrogen-bond acceptors (Lipinski definition) is 2. The molecule has 4 rings (SSSR count). The van der Waals surface area contributed by atoms with Gasteiger partial charge in [-0.05, 0) is 91.8 Å². The fourth-order valence-corrected chi connectivity index (χ4v) is 8.41. The van der Waals surface area contributed by atoms with E-state index in [1.165, 1.54) is 25.7 Å². The Morgan fingerprint density at radius 1 is 1.07 bits per heavy atom. The zero-order valence-electron chi connectivity index (χ0n) is 19.9. The number of carbonyl (C=O) groups excluding carboxylic acids is 1. The smallest absolute Gasteiger partial charge is 0.136 e. The van der Waals surface area contributed by atoms with E-state index in [4.69, 9.17) is 0 Å². The number of aliphatic hydroxyl groups is 1. The van der Waals surface area contributed by atoms with Crippen LogP contribution in [0.15, 0.2) is 12.2 Å². The zero-order chi connectivity index (χ0) is 21.4. The number of rotatable bonds is 3. The van der Waals surface area contributed by atoms with Crippen molar-refractivity contribution in [1.29, 1.82) is 0 Å². The summed E-state index contributed by atoms with van der Waals surface area (Å²) in [6.07, 6.45) is 14.4. The fraction of sp³-hybridized carbons (Fsp3) is 0.889. The van der Waals surface area contributed by atoms with E-state index in [1.54, 1.807) is 0 Å². The minimum Gasteiger partial charge on any atom is -0.393 e. The number of hydrogen-bond donors (Lipinski definition) is 1. The molecule has 166 valence electrons. The molecule has 4 fully saturated rings. The van der Waals surface area contributed by atoms with E-state index >= 15 is 0 Å². The first-order valence-electron chi connectivity index (χ1n) is 12.7. The van der Waals surface area contributed by atoms with Crippen LogP contribution >= 0.6 is 0 Å². The van der Waals surface area contributed by atoms with E-state index in [0.717, 1.165) is 43.9 Å². The van der Waals surface area contributed by atoms with Crippen molar-refractivity contribution in [2.24, 2.45) is 46.3 Å². The van der Waals surface area contributed by atoms with Crippen molar-refractivity contribution in [1.82, 2.24) is 0 Å². The van der Waals surface area contributed by atoms with Gasteiger partial charge in [0.1, 0.15) is 5.78 Å². The van der Waals surface area contributed by atoms with Gasteiger partial charge in [0.15, 0.2) is 0 Å². The summed E-state index contributed by atoms with van der Waals surface area (Å²) in [6, 6.07) is 0. The van der Waals surface area contributed by atoms with E-state index < -0.39 is 0 Å². The van der Waals surface area contributed by atoms with Crippen LogP contribution in [-0.2, 0) is 4.79 Å². The van der Waals surface area contributed by atoms with E-state index in [0.29, 0.717) is 29.0 Å². The number of fused-ring (bicyclic) bond motifs is 5. The summed E-state index contributed by atoms with van der Waals surface area (Å²) in [5.74, 6) is 4.06. The second-order valence-electron chi connectivity index (χ2n) is 11.0. The molecule has 9 atom stereocenters. The molecule has 2 heteroatoms. The van der Waals surface area contributed by atoms with Crippen LogP contribution in [-0.4, -0.2) is 17.0 Å². The van der Waals surface area contributed by atoms with Crippen molar-refractivity contribution < 1.29 is 9.90 Å². The molecule has 2 nitrogen and oxygen atoms in total.